The van der Waals surface area contributed by atoms with Crippen molar-refractivity contribution in [3.8, 4) is 10.4 Å². The molecule has 0 aliphatic carbocycles. The van der Waals surface area contributed by atoms with Gasteiger partial charge < -0.3 is 5.11 Å². The van der Waals surface area contributed by atoms with Crippen LogP contribution in [0.4, 0.5) is 0 Å². The van der Waals surface area contributed by atoms with Crippen molar-refractivity contribution in [2.24, 2.45) is 0 Å². The molecule has 76 valence electrons. The van der Waals surface area contributed by atoms with Crippen LogP contribution >= 0.6 is 11.3 Å². The first-order chi connectivity index (χ1) is 7.16. The smallest absolute Gasteiger partial charge is 0.345 e. The van der Waals surface area contributed by atoms with Crippen molar-refractivity contribution in [1.29, 1.82) is 0 Å². The van der Waals surface area contributed by atoms with Crippen LogP contribution in [0, 0.1) is 6.92 Å². The Morgan fingerprint density at radius 3 is 2.80 bits per heavy atom. The summed E-state index contributed by atoms with van der Waals surface area (Å²) in [4.78, 5) is 16.1. The van der Waals surface area contributed by atoms with Crippen LogP contribution in [0.1, 0.15) is 15.2 Å². The lowest BCUT2D eigenvalue weighted by Gasteiger charge is -1.97. The molecule has 0 spiro atoms. The van der Waals surface area contributed by atoms with E-state index in [9.17, 15) is 4.79 Å². The van der Waals surface area contributed by atoms with E-state index in [4.69, 9.17) is 5.11 Å². The molecule has 0 aliphatic heterocycles. The maximum atomic E-state index is 10.7. The molecule has 0 amide bonds. The van der Waals surface area contributed by atoms with Crippen LogP contribution in [0.2, 0.25) is 0 Å². The molecule has 0 aromatic carbocycles. The fraction of sp³-hybridized carbons (Fsp3) is 0.0909. The molecule has 0 bridgehead atoms. The van der Waals surface area contributed by atoms with E-state index in [0.717, 1.165) is 16.0 Å². The molecule has 0 saturated heterocycles. The minimum atomic E-state index is -0.883. The third-order valence-electron chi connectivity index (χ3n) is 1.98. The summed E-state index contributed by atoms with van der Waals surface area (Å²) in [5.41, 5.74) is 2.03. The van der Waals surface area contributed by atoms with Gasteiger partial charge in [0.15, 0.2) is 0 Å². The second kappa shape index (κ2) is 3.82. The molecule has 15 heavy (non-hydrogen) atoms. The van der Waals surface area contributed by atoms with Crippen molar-refractivity contribution in [2.75, 3.05) is 0 Å². The van der Waals surface area contributed by atoms with Crippen molar-refractivity contribution < 1.29 is 9.90 Å². The number of carboxylic acids is 1. The number of aryl methyl sites for hydroxylation is 1. The third-order valence-corrected chi connectivity index (χ3v) is 3.10. The topological polar surface area (TPSA) is 50.2 Å². The molecule has 3 nitrogen and oxygen atoms in total. The number of thiophene rings is 1. The van der Waals surface area contributed by atoms with Crippen molar-refractivity contribution in [3.05, 3.63) is 41.0 Å². The monoisotopic (exact) mass is 219 g/mol. The Balaban J connectivity index is 2.41. The standard InChI is InChI=1S/C11H9NO2S/c1-7-4-8(6-12-5-7)9-2-3-10(15-9)11(13)14/h2-6H,1H3,(H,13,14). The quantitative estimate of drug-likeness (QED) is 0.844. The van der Waals surface area contributed by atoms with E-state index in [2.05, 4.69) is 4.98 Å². The van der Waals surface area contributed by atoms with Crippen molar-refractivity contribution in [2.45, 2.75) is 6.92 Å². The molecule has 2 aromatic heterocycles. The minimum absolute atomic E-state index is 0.353. The van der Waals surface area contributed by atoms with Gasteiger partial charge in [0.1, 0.15) is 4.88 Å². The number of pyridine rings is 1. The maximum absolute atomic E-state index is 10.7. The molecule has 0 radical (unpaired) electrons. The first-order valence-corrected chi connectivity index (χ1v) is 5.23. The van der Waals surface area contributed by atoms with Crippen molar-refractivity contribution >= 4 is 17.3 Å². The summed E-state index contributed by atoms with van der Waals surface area (Å²) in [6.07, 6.45) is 3.51. The first-order valence-electron chi connectivity index (χ1n) is 4.42. The van der Waals surface area contributed by atoms with Crippen LogP contribution < -0.4 is 0 Å². The number of carbonyl (C=O) groups is 1. The molecule has 0 aliphatic rings. The highest BCUT2D eigenvalue weighted by molar-refractivity contribution is 7.17. The molecule has 0 unspecified atom stereocenters. The number of nitrogens with zero attached hydrogens (tertiary/aromatic N) is 1. The van der Waals surface area contributed by atoms with E-state index in [-0.39, 0.29) is 0 Å². The Hall–Kier alpha value is -1.68. The van der Waals surface area contributed by atoms with Crippen LogP contribution in [0.5, 0.6) is 0 Å². The Kier molecular flexibility index (Phi) is 2.51. The zero-order valence-electron chi connectivity index (χ0n) is 8.10. The molecule has 0 saturated carbocycles. The van der Waals surface area contributed by atoms with Gasteiger partial charge in [0, 0.05) is 22.8 Å². The number of aromatic nitrogens is 1. The SMILES string of the molecule is Cc1cncc(-c2ccc(C(=O)O)s2)c1. The summed E-state index contributed by atoms with van der Waals surface area (Å²) in [7, 11) is 0. The van der Waals surface area contributed by atoms with Crippen LogP contribution in [-0.4, -0.2) is 16.1 Å². The summed E-state index contributed by atoms with van der Waals surface area (Å²) >= 11 is 1.26. The van der Waals surface area contributed by atoms with Crippen molar-refractivity contribution in [1.82, 2.24) is 4.98 Å². The van der Waals surface area contributed by atoms with Crippen molar-refractivity contribution in [3.63, 3.8) is 0 Å². The molecule has 2 rings (SSSR count). The van der Waals surface area contributed by atoms with Crippen LogP contribution in [0.25, 0.3) is 10.4 Å². The molecule has 2 aromatic rings. The number of hydrogen-bond acceptors (Lipinski definition) is 3. The third kappa shape index (κ3) is 2.05. The Morgan fingerprint density at radius 1 is 1.40 bits per heavy atom. The van der Waals surface area contributed by atoms with Crippen LogP contribution in [0.3, 0.4) is 0 Å². The molecule has 0 atom stereocenters. The number of hydrogen-bond donors (Lipinski definition) is 1. The van der Waals surface area contributed by atoms with E-state index in [1.165, 1.54) is 11.3 Å². The highest BCUT2D eigenvalue weighted by atomic mass is 32.1. The average Bonchev–Trinajstić information content (AvgIpc) is 2.66. The van der Waals surface area contributed by atoms with Crippen LogP contribution in [-0.2, 0) is 0 Å². The normalized spacial score (nSPS) is 10.2. The number of carboxylic acid groups (broad SMARTS) is 1. The maximum Gasteiger partial charge on any atom is 0.345 e. The van der Waals surface area contributed by atoms with Gasteiger partial charge >= 0.3 is 5.97 Å². The van der Waals surface area contributed by atoms with Gasteiger partial charge in [-0.15, -0.1) is 11.3 Å². The zero-order valence-corrected chi connectivity index (χ0v) is 8.91. The Labute approximate surface area is 91.0 Å². The second-order valence-corrected chi connectivity index (χ2v) is 4.30. The number of rotatable bonds is 2. The van der Waals surface area contributed by atoms with E-state index in [0.29, 0.717) is 4.88 Å². The minimum Gasteiger partial charge on any atom is -0.477 e. The van der Waals surface area contributed by atoms with Gasteiger partial charge in [0.2, 0.25) is 0 Å². The van der Waals surface area contributed by atoms with E-state index >= 15 is 0 Å². The molecule has 2 heterocycles. The lowest BCUT2D eigenvalue weighted by atomic mass is 10.2. The average molecular weight is 219 g/mol. The summed E-state index contributed by atoms with van der Waals surface area (Å²) in [6, 6.07) is 5.42. The summed E-state index contributed by atoms with van der Waals surface area (Å²) < 4.78 is 0. The molecule has 0 fully saturated rings. The van der Waals surface area contributed by atoms with Gasteiger partial charge in [0.05, 0.1) is 0 Å². The predicted octanol–water partition coefficient (Wildman–Crippen LogP) is 2.82. The lowest BCUT2D eigenvalue weighted by molar-refractivity contribution is 0.0702. The lowest BCUT2D eigenvalue weighted by Crippen LogP contribution is -1.89. The summed E-state index contributed by atoms with van der Waals surface area (Å²) in [5, 5.41) is 8.79. The fourth-order valence-electron chi connectivity index (χ4n) is 1.30. The van der Waals surface area contributed by atoms with Gasteiger partial charge in [-0.1, -0.05) is 0 Å². The highest BCUT2D eigenvalue weighted by Gasteiger charge is 2.08. The van der Waals surface area contributed by atoms with E-state index in [1.54, 1.807) is 18.5 Å². The summed E-state index contributed by atoms with van der Waals surface area (Å²) in [6.45, 7) is 1.96. The molecular formula is C11H9NO2S. The van der Waals surface area contributed by atoms with E-state index < -0.39 is 5.97 Å². The van der Waals surface area contributed by atoms with Crippen LogP contribution in [0.15, 0.2) is 30.6 Å². The number of aromatic carboxylic acids is 1. The van der Waals surface area contributed by atoms with E-state index in [1.807, 2.05) is 19.1 Å². The van der Waals surface area contributed by atoms with Gasteiger partial charge in [-0.25, -0.2) is 4.79 Å². The molecule has 4 heteroatoms. The zero-order chi connectivity index (χ0) is 10.8. The second-order valence-electron chi connectivity index (χ2n) is 3.22. The fourth-order valence-corrected chi connectivity index (χ4v) is 2.12. The van der Waals surface area contributed by atoms with Gasteiger partial charge in [-0.3, -0.25) is 4.98 Å². The first kappa shape index (κ1) is 9.86. The Morgan fingerprint density at radius 2 is 2.20 bits per heavy atom. The van der Waals surface area contributed by atoms with Gasteiger partial charge in [-0.2, -0.15) is 0 Å². The largest absolute Gasteiger partial charge is 0.477 e. The Bertz CT molecular complexity index is 505. The highest BCUT2D eigenvalue weighted by Crippen LogP contribution is 2.27. The van der Waals surface area contributed by atoms with Gasteiger partial charge in [-0.05, 0) is 30.7 Å². The molecule has 1 N–H and O–H groups in total. The van der Waals surface area contributed by atoms with Gasteiger partial charge in [0.25, 0.3) is 0 Å². The molecular weight excluding hydrogens is 210 g/mol. The summed E-state index contributed by atoms with van der Waals surface area (Å²) in [5.74, 6) is -0.883. The predicted molar refractivity (Wildman–Crippen MR) is 59.2 cm³/mol.